The quantitative estimate of drug-likeness (QED) is 0.429. The molecule has 0 N–H and O–H groups in total. The maximum absolute atomic E-state index is 6.01. The Morgan fingerprint density at radius 3 is 2.29 bits per heavy atom. The van der Waals surface area contributed by atoms with Crippen molar-refractivity contribution in [1.29, 1.82) is 0 Å². The van der Waals surface area contributed by atoms with Crippen LogP contribution in [0, 0.1) is 6.92 Å². The Morgan fingerprint density at radius 2 is 1.58 bits per heavy atom. The van der Waals surface area contributed by atoms with Gasteiger partial charge in [0, 0.05) is 5.02 Å². The number of aryl methyl sites for hydroxylation is 2. The van der Waals surface area contributed by atoms with Crippen LogP contribution in [0.3, 0.4) is 0 Å². The van der Waals surface area contributed by atoms with Crippen molar-refractivity contribution < 1.29 is 0 Å². The van der Waals surface area contributed by atoms with E-state index in [1.807, 2.05) is 25.1 Å². The first-order valence-electron chi connectivity index (χ1n) is 8.37. The Morgan fingerprint density at radius 1 is 0.875 bits per heavy atom. The van der Waals surface area contributed by atoms with Crippen LogP contribution in [-0.4, -0.2) is 0 Å². The predicted molar refractivity (Wildman–Crippen MR) is 103 cm³/mol. The van der Waals surface area contributed by atoms with E-state index in [-0.39, 0.29) is 0 Å². The fourth-order valence-electron chi connectivity index (χ4n) is 2.77. The number of benzene rings is 3. The molecule has 0 heterocycles. The van der Waals surface area contributed by atoms with Crippen LogP contribution in [0.15, 0.2) is 64.8 Å². The summed E-state index contributed by atoms with van der Waals surface area (Å²) in [5.74, 6) is 0. The van der Waals surface area contributed by atoms with E-state index in [4.69, 9.17) is 11.6 Å². The lowest BCUT2D eigenvalue weighted by molar-refractivity contribution is 0.795. The molecular formula is C21H21ClN2. The summed E-state index contributed by atoms with van der Waals surface area (Å²) in [6.45, 7) is 4.21. The molecular weight excluding hydrogens is 316 g/mol. The summed E-state index contributed by atoms with van der Waals surface area (Å²) in [7, 11) is 0. The zero-order chi connectivity index (χ0) is 16.9. The number of hydrogen-bond acceptors (Lipinski definition) is 2. The van der Waals surface area contributed by atoms with Gasteiger partial charge in [-0.05, 0) is 72.0 Å². The highest BCUT2D eigenvalue weighted by Gasteiger charge is 2.05. The van der Waals surface area contributed by atoms with Crippen LogP contribution in [0.25, 0.3) is 10.8 Å². The first kappa shape index (κ1) is 16.7. The van der Waals surface area contributed by atoms with Crippen molar-refractivity contribution in [1.82, 2.24) is 0 Å². The maximum atomic E-state index is 6.01. The third kappa shape index (κ3) is 3.82. The maximum Gasteiger partial charge on any atom is 0.0895 e. The van der Waals surface area contributed by atoms with E-state index in [0.29, 0.717) is 0 Å². The highest BCUT2D eigenvalue weighted by Crippen LogP contribution is 2.30. The van der Waals surface area contributed by atoms with Crippen LogP contribution in [0.5, 0.6) is 0 Å². The van der Waals surface area contributed by atoms with Gasteiger partial charge in [-0.25, -0.2) is 0 Å². The van der Waals surface area contributed by atoms with E-state index in [9.17, 15) is 0 Å². The van der Waals surface area contributed by atoms with Crippen molar-refractivity contribution in [3.63, 3.8) is 0 Å². The molecule has 0 saturated carbocycles. The summed E-state index contributed by atoms with van der Waals surface area (Å²) < 4.78 is 0. The second kappa shape index (κ2) is 7.59. The Kier molecular flexibility index (Phi) is 5.27. The lowest BCUT2D eigenvalue weighted by Gasteiger charge is -2.07. The lowest BCUT2D eigenvalue weighted by atomic mass is 10.0. The number of fused-ring (bicyclic) bond motifs is 1. The number of hydrogen-bond donors (Lipinski definition) is 0. The molecule has 2 nitrogen and oxygen atoms in total. The highest BCUT2D eigenvalue weighted by molar-refractivity contribution is 6.30. The second-order valence-electron chi connectivity index (χ2n) is 6.06. The third-order valence-electron chi connectivity index (χ3n) is 4.17. The van der Waals surface area contributed by atoms with Crippen molar-refractivity contribution in [3.05, 3.63) is 70.7 Å². The van der Waals surface area contributed by atoms with Gasteiger partial charge in [-0.3, -0.25) is 0 Å². The molecule has 3 aromatic rings. The molecule has 0 aliphatic rings. The van der Waals surface area contributed by atoms with E-state index in [1.165, 1.54) is 22.8 Å². The fraction of sp³-hybridized carbons (Fsp3) is 0.238. The number of unbranched alkanes of at least 4 members (excludes halogenated alkanes) is 1. The SMILES string of the molecule is CCCCc1cc2ccccc2cc1N=Nc1ccc(Cl)cc1C. The van der Waals surface area contributed by atoms with Gasteiger partial charge >= 0.3 is 0 Å². The molecule has 3 aromatic carbocycles. The predicted octanol–water partition coefficient (Wildman–Crippen LogP) is 7.56. The fourth-order valence-corrected chi connectivity index (χ4v) is 3.00. The summed E-state index contributed by atoms with van der Waals surface area (Å²) in [5, 5.41) is 12.2. The van der Waals surface area contributed by atoms with Crippen LogP contribution < -0.4 is 0 Å². The molecule has 0 amide bonds. The number of rotatable bonds is 5. The van der Waals surface area contributed by atoms with E-state index in [2.05, 4.69) is 53.6 Å². The van der Waals surface area contributed by atoms with Gasteiger partial charge in [0.25, 0.3) is 0 Å². The molecule has 0 saturated heterocycles. The van der Waals surface area contributed by atoms with Crippen molar-refractivity contribution in [2.45, 2.75) is 33.1 Å². The van der Waals surface area contributed by atoms with Crippen LogP contribution in [-0.2, 0) is 6.42 Å². The first-order valence-corrected chi connectivity index (χ1v) is 8.74. The monoisotopic (exact) mass is 336 g/mol. The molecule has 0 aliphatic heterocycles. The molecule has 122 valence electrons. The molecule has 24 heavy (non-hydrogen) atoms. The molecule has 0 radical (unpaired) electrons. The summed E-state index contributed by atoms with van der Waals surface area (Å²) in [6.07, 6.45) is 3.34. The smallest absolute Gasteiger partial charge is 0.0895 e. The minimum absolute atomic E-state index is 0.723. The lowest BCUT2D eigenvalue weighted by Crippen LogP contribution is -1.87. The number of nitrogens with zero attached hydrogens (tertiary/aromatic N) is 2. The van der Waals surface area contributed by atoms with Crippen molar-refractivity contribution in [3.8, 4) is 0 Å². The van der Waals surface area contributed by atoms with Gasteiger partial charge in [-0.2, -0.15) is 10.2 Å². The highest BCUT2D eigenvalue weighted by atomic mass is 35.5. The van der Waals surface area contributed by atoms with E-state index in [0.717, 1.165) is 34.8 Å². The van der Waals surface area contributed by atoms with Gasteiger partial charge in [0.05, 0.1) is 11.4 Å². The Labute approximate surface area is 148 Å². The molecule has 3 rings (SSSR count). The summed E-state index contributed by atoms with van der Waals surface area (Å²) in [5.41, 5.74) is 4.10. The van der Waals surface area contributed by atoms with E-state index in [1.54, 1.807) is 0 Å². The van der Waals surface area contributed by atoms with Crippen LogP contribution in [0.1, 0.15) is 30.9 Å². The van der Waals surface area contributed by atoms with Crippen LogP contribution >= 0.6 is 11.6 Å². The first-order chi connectivity index (χ1) is 11.7. The average Bonchev–Trinajstić information content (AvgIpc) is 2.59. The van der Waals surface area contributed by atoms with Gasteiger partial charge in [0.2, 0.25) is 0 Å². The molecule has 0 bridgehead atoms. The van der Waals surface area contributed by atoms with Gasteiger partial charge in [0.15, 0.2) is 0 Å². The molecule has 0 aliphatic carbocycles. The zero-order valence-corrected chi connectivity index (χ0v) is 14.8. The van der Waals surface area contributed by atoms with Crippen molar-refractivity contribution in [2.24, 2.45) is 10.2 Å². The Bertz CT molecular complexity index is 884. The van der Waals surface area contributed by atoms with Crippen molar-refractivity contribution >= 4 is 33.7 Å². The third-order valence-corrected chi connectivity index (χ3v) is 4.41. The van der Waals surface area contributed by atoms with Gasteiger partial charge in [-0.1, -0.05) is 49.2 Å². The van der Waals surface area contributed by atoms with Crippen LogP contribution in [0.4, 0.5) is 11.4 Å². The molecule has 0 fully saturated rings. The van der Waals surface area contributed by atoms with Gasteiger partial charge in [0.1, 0.15) is 0 Å². The minimum Gasteiger partial charge on any atom is -0.150 e. The number of azo groups is 1. The summed E-state index contributed by atoms with van der Waals surface area (Å²) in [4.78, 5) is 0. The van der Waals surface area contributed by atoms with Crippen LogP contribution in [0.2, 0.25) is 5.02 Å². The Balaban J connectivity index is 2.01. The topological polar surface area (TPSA) is 24.7 Å². The van der Waals surface area contributed by atoms with E-state index < -0.39 is 0 Å². The molecule has 3 heteroatoms. The van der Waals surface area contributed by atoms with Crippen molar-refractivity contribution in [2.75, 3.05) is 0 Å². The molecule has 0 atom stereocenters. The zero-order valence-electron chi connectivity index (χ0n) is 14.1. The van der Waals surface area contributed by atoms with Gasteiger partial charge < -0.3 is 0 Å². The molecule has 0 spiro atoms. The standard InChI is InChI=1S/C21H21ClN2/c1-3-4-7-18-13-16-8-5-6-9-17(16)14-21(18)24-23-20-11-10-19(22)12-15(20)2/h5-6,8-14H,3-4,7H2,1-2H3. The average molecular weight is 337 g/mol. The largest absolute Gasteiger partial charge is 0.150 e. The second-order valence-corrected chi connectivity index (χ2v) is 6.50. The number of halogens is 1. The summed E-state index contributed by atoms with van der Waals surface area (Å²) >= 11 is 6.01. The Hall–Kier alpha value is -2.19. The van der Waals surface area contributed by atoms with Gasteiger partial charge in [-0.15, -0.1) is 0 Å². The molecule has 0 unspecified atom stereocenters. The van der Waals surface area contributed by atoms with E-state index >= 15 is 0 Å². The molecule has 0 aromatic heterocycles. The summed E-state index contributed by atoms with van der Waals surface area (Å²) in [6, 6.07) is 18.4. The minimum atomic E-state index is 0.723. The normalized spacial score (nSPS) is 11.5.